The molecule has 0 saturated heterocycles. The number of benzene rings is 3. The van der Waals surface area contributed by atoms with Crippen LogP contribution in [-0.4, -0.2) is 15.0 Å². The summed E-state index contributed by atoms with van der Waals surface area (Å²) in [6.45, 7) is 4.61. The second-order valence-corrected chi connectivity index (χ2v) is 9.13. The molecule has 0 N–H and O–H groups in total. The molecule has 0 bridgehead atoms. The van der Waals surface area contributed by atoms with E-state index in [1.54, 1.807) is 24.8 Å². The fraction of sp³-hybridized carbons (Fsp3) is 0.147. The molecule has 0 amide bonds. The standard InChI is InChI=1S/C26H22N.C5H5N.C3H3N2.Ir/c1-3-26(4-2)22-11-7-6-10-20(22)21-15-13-19(17-23(21)26)25-16-14-18-9-5-8-12-24(18)27-25;1-2-4-6-5-3-1;1-2-5-3-4-1;/h5-12,14-17H,3-4H2,1-2H3;1-5H;1-3H;/q-1;;-1;. The number of fused-ring (bicyclic) bond motifs is 4. The SMILES string of the molecule is CCC1(CC)c2ccccc2-c2c[c-]c(-c3ccc4ccccc4n3)cc21.[Ir].c1c[n-]cn1.c1ccncc1. The monoisotopic (exact) mass is 687 g/mol. The van der Waals surface area contributed by atoms with Crippen LogP contribution in [0.4, 0.5) is 0 Å². The van der Waals surface area contributed by atoms with Gasteiger partial charge in [0.25, 0.3) is 0 Å². The third-order valence-electron chi connectivity index (χ3n) is 7.22. The van der Waals surface area contributed by atoms with E-state index in [1.165, 1.54) is 34.0 Å². The first-order valence-electron chi connectivity index (χ1n) is 13.0. The zero-order valence-corrected chi connectivity index (χ0v) is 24.5. The van der Waals surface area contributed by atoms with Gasteiger partial charge in [0, 0.05) is 37.9 Å². The van der Waals surface area contributed by atoms with Crippen LogP contribution >= 0.6 is 0 Å². The molecular weight excluding hydrogens is 657 g/mol. The molecular formula is C34H30IrN4-2. The van der Waals surface area contributed by atoms with E-state index in [2.05, 4.69) is 102 Å². The van der Waals surface area contributed by atoms with Gasteiger partial charge < -0.3 is 9.97 Å². The molecule has 1 radical (unpaired) electrons. The van der Waals surface area contributed by atoms with Gasteiger partial charge in [0.05, 0.1) is 5.52 Å². The van der Waals surface area contributed by atoms with E-state index in [0.29, 0.717) is 0 Å². The Bertz CT molecular complexity index is 1550. The van der Waals surface area contributed by atoms with Crippen molar-refractivity contribution in [1.82, 2.24) is 19.9 Å². The molecule has 3 aromatic heterocycles. The molecule has 0 saturated carbocycles. The van der Waals surface area contributed by atoms with Gasteiger partial charge >= 0.3 is 0 Å². The third kappa shape index (κ3) is 5.90. The quantitative estimate of drug-likeness (QED) is 0.178. The molecule has 0 unspecified atom stereocenters. The molecule has 0 fully saturated rings. The first-order chi connectivity index (χ1) is 18.8. The van der Waals surface area contributed by atoms with Gasteiger partial charge in [-0.25, -0.2) is 0 Å². The summed E-state index contributed by atoms with van der Waals surface area (Å²) in [5, 5.41) is 1.17. The van der Waals surface area contributed by atoms with Gasteiger partial charge in [0.2, 0.25) is 0 Å². The van der Waals surface area contributed by atoms with Crippen molar-refractivity contribution < 1.29 is 20.1 Å². The van der Waals surface area contributed by atoms with Crippen molar-refractivity contribution in [1.29, 1.82) is 0 Å². The average Bonchev–Trinajstić information content (AvgIpc) is 3.68. The van der Waals surface area contributed by atoms with Crippen LogP contribution in [0.3, 0.4) is 0 Å². The van der Waals surface area contributed by atoms with E-state index in [1.807, 2.05) is 24.3 Å². The molecule has 39 heavy (non-hydrogen) atoms. The summed E-state index contributed by atoms with van der Waals surface area (Å²) in [6, 6.07) is 35.1. The summed E-state index contributed by atoms with van der Waals surface area (Å²) in [5.41, 5.74) is 8.78. The topological polar surface area (TPSA) is 52.8 Å². The molecule has 6 aromatic rings. The molecule has 0 spiro atoms. The van der Waals surface area contributed by atoms with Gasteiger partial charge in [-0.05, 0) is 47.7 Å². The maximum atomic E-state index is 4.89. The largest absolute Gasteiger partial charge is 0.450 e. The van der Waals surface area contributed by atoms with Crippen LogP contribution in [0, 0.1) is 6.07 Å². The number of para-hydroxylation sites is 1. The summed E-state index contributed by atoms with van der Waals surface area (Å²) in [4.78, 5) is 15.9. The van der Waals surface area contributed by atoms with Crippen LogP contribution in [0.25, 0.3) is 33.3 Å². The van der Waals surface area contributed by atoms with Crippen LogP contribution < -0.4 is 4.98 Å². The number of rotatable bonds is 3. The van der Waals surface area contributed by atoms with Gasteiger partial charge in [-0.2, -0.15) is 0 Å². The van der Waals surface area contributed by atoms with Crippen molar-refractivity contribution in [2.45, 2.75) is 32.1 Å². The maximum Gasteiger partial charge on any atom is 0.0595 e. The van der Waals surface area contributed by atoms with Gasteiger partial charge in [-0.15, -0.1) is 29.3 Å². The van der Waals surface area contributed by atoms with Crippen LogP contribution in [0.2, 0.25) is 0 Å². The minimum absolute atomic E-state index is 0. The fourth-order valence-corrected chi connectivity index (χ4v) is 5.27. The van der Waals surface area contributed by atoms with E-state index >= 15 is 0 Å². The number of hydrogen-bond donors (Lipinski definition) is 0. The Labute approximate surface area is 244 Å². The minimum atomic E-state index is 0. The number of hydrogen-bond acceptors (Lipinski definition) is 3. The van der Waals surface area contributed by atoms with E-state index in [4.69, 9.17) is 4.98 Å². The maximum absolute atomic E-state index is 4.89. The van der Waals surface area contributed by atoms with Crippen molar-refractivity contribution >= 4 is 10.9 Å². The molecule has 1 aliphatic rings. The number of imidazole rings is 1. The summed E-state index contributed by atoms with van der Waals surface area (Å²) < 4.78 is 0. The predicted octanol–water partition coefficient (Wildman–Crippen LogP) is 7.91. The number of pyridine rings is 2. The number of nitrogens with zero attached hydrogens (tertiary/aromatic N) is 4. The Kier molecular flexibility index (Phi) is 9.54. The first kappa shape index (κ1) is 28.1. The average molecular weight is 687 g/mol. The van der Waals surface area contributed by atoms with Crippen LogP contribution in [0.15, 0.2) is 122 Å². The molecule has 3 aromatic carbocycles. The predicted molar refractivity (Wildman–Crippen MR) is 155 cm³/mol. The van der Waals surface area contributed by atoms with E-state index in [0.717, 1.165) is 29.6 Å². The Morgan fingerprint density at radius 1 is 0.744 bits per heavy atom. The summed E-state index contributed by atoms with van der Waals surface area (Å²) in [5.74, 6) is 0. The van der Waals surface area contributed by atoms with Gasteiger partial charge in [-0.1, -0.05) is 104 Å². The molecule has 4 nitrogen and oxygen atoms in total. The van der Waals surface area contributed by atoms with Crippen molar-refractivity contribution in [2.24, 2.45) is 0 Å². The van der Waals surface area contributed by atoms with Gasteiger partial charge in [-0.3, -0.25) is 9.97 Å². The number of aromatic nitrogens is 4. The molecule has 1 aliphatic carbocycles. The molecule has 7 rings (SSSR count). The first-order valence-corrected chi connectivity index (χ1v) is 13.0. The van der Waals surface area contributed by atoms with Gasteiger partial charge in [0.1, 0.15) is 0 Å². The molecule has 197 valence electrons. The van der Waals surface area contributed by atoms with E-state index in [-0.39, 0.29) is 25.5 Å². The zero-order valence-electron chi connectivity index (χ0n) is 22.1. The molecule has 0 aliphatic heterocycles. The molecule has 0 atom stereocenters. The van der Waals surface area contributed by atoms with Crippen molar-refractivity contribution in [3.8, 4) is 22.4 Å². The van der Waals surface area contributed by atoms with Crippen LogP contribution in [0.5, 0.6) is 0 Å². The molecule has 3 heterocycles. The van der Waals surface area contributed by atoms with Gasteiger partial charge in [0.15, 0.2) is 0 Å². The van der Waals surface area contributed by atoms with Crippen molar-refractivity contribution in [2.75, 3.05) is 0 Å². The van der Waals surface area contributed by atoms with E-state index < -0.39 is 0 Å². The Hall–Kier alpha value is -3.92. The minimum Gasteiger partial charge on any atom is -0.450 e. The van der Waals surface area contributed by atoms with Crippen molar-refractivity contribution in [3.05, 3.63) is 139 Å². The fourth-order valence-electron chi connectivity index (χ4n) is 5.27. The van der Waals surface area contributed by atoms with Crippen LogP contribution in [-0.2, 0) is 25.5 Å². The second kappa shape index (κ2) is 13.2. The smallest absolute Gasteiger partial charge is 0.0595 e. The van der Waals surface area contributed by atoms with E-state index in [9.17, 15) is 0 Å². The summed E-state index contributed by atoms with van der Waals surface area (Å²) in [7, 11) is 0. The second-order valence-electron chi connectivity index (χ2n) is 9.13. The zero-order chi connectivity index (χ0) is 26.2. The Morgan fingerprint density at radius 2 is 1.51 bits per heavy atom. The Balaban J connectivity index is 0.000000245. The Morgan fingerprint density at radius 3 is 2.15 bits per heavy atom. The summed E-state index contributed by atoms with van der Waals surface area (Å²) >= 11 is 0. The summed E-state index contributed by atoms with van der Waals surface area (Å²) in [6.07, 6.45) is 10.5. The molecule has 5 heteroatoms. The third-order valence-corrected chi connectivity index (χ3v) is 7.22. The van der Waals surface area contributed by atoms with Crippen molar-refractivity contribution in [3.63, 3.8) is 0 Å². The van der Waals surface area contributed by atoms with Crippen LogP contribution in [0.1, 0.15) is 37.8 Å². The normalized spacial score (nSPS) is 12.1.